The third-order valence-electron chi connectivity index (χ3n) is 2.89. The third kappa shape index (κ3) is 3.71. The van der Waals surface area contributed by atoms with Crippen molar-refractivity contribution in [1.82, 2.24) is 5.32 Å². The summed E-state index contributed by atoms with van der Waals surface area (Å²) in [6.07, 6.45) is 1.90. The zero-order chi connectivity index (χ0) is 13.7. The first-order valence-corrected chi connectivity index (χ1v) is 6.52. The van der Waals surface area contributed by atoms with Gasteiger partial charge in [-0.2, -0.15) is 0 Å². The Balaban J connectivity index is 1.94. The molecule has 0 radical (unpaired) electrons. The van der Waals surface area contributed by atoms with Crippen molar-refractivity contribution in [3.05, 3.63) is 24.3 Å². The van der Waals surface area contributed by atoms with E-state index in [1.807, 2.05) is 19.1 Å². The molecule has 2 rings (SSSR count). The topological polar surface area (TPSA) is 67.4 Å². The molecule has 1 atom stereocenters. The molecule has 1 fully saturated rings. The summed E-state index contributed by atoms with van der Waals surface area (Å²) in [6.45, 7) is 2.69. The normalized spacial score (nSPS) is 17.9. The SMILES string of the molecule is CCCOc1cccc(NC(=O)C2CCC(=O)N2)c1. The van der Waals surface area contributed by atoms with Crippen LogP contribution < -0.4 is 15.4 Å². The van der Waals surface area contributed by atoms with Gasteiger partial charge in [0.15, 0.2) is 0 Å². The number of benzene rings is 1. The first kappa shape index (κ1) is 13.4. The van der Waals surface area contributed by atoms with Crippen molar-refractivity contribution in [2.45, 2.75) is 32.2 Å². The van der Waals surface area contributed by atoms with Crippen LogP contribution in [0.5, 0.6) is 5.75 Å². The molecule has 1 saturated heterocycles. The van der Waals surface area contributed by atoms with Gasteiger partial charge in [0, 0.05) is 18.2 Å². The molecule has 1 aromatic carbocycles. The standard InChI is InChI=1S/C14H18N2O3/c1-2-8-19-11-5-3-4-10(9-11)15-14(18)12-6-7-13(17)16-12/h3-5,9,12H,2,6-8H2,1H3,(H,15,18)(H,16,17). The summed E-state index contributed by atoms with van der Waals surface area (Å²) in [5.74, 6) is 0.480. The first-order valence-electron chi connectivity index (χ1n) is 6.52. The Morgan fingerprint density at radius 1 is 1.53 bits per heavy atom. The fraction of sp³-hybridized carbons (Fsp3) is 0.429. The number of ether oxygens (including phenoxy) is 1. The van der Waals surface area contributed by atoms with Crippen molar-refractivity contribution in [2.24, 2.45) is 0 Å². The van der Waals surface area contributed by atoms with E-state index in [0.717, 1.165) is 12.2 Å². The van der Waals surface area contributed by atoms with Gasteiger partial charge in [-0.15, -0.1) is 0 Å². The molecule has 0 bridgehead atoms. The van der Waals surface area contributed by atoms with Crippen LogP contribution in [0.1, 0.15) is 26.2 Å². The second-order valence-corrected chi connectivity index (χ2v) is 4.52. The second kappa shape index (κ2) is 6.22. The number of carbonyl (C=O) groups is 2. The van der Waals surface area contributed by atoms with E-state index in [1.54, 1.807) is 12.1 Å². The Labute approximate surface area is 112 Å². The van der Waals surface area contributed by atoms with Crippen LogP contribution in [0.25, 0.3) is 0 Å². The van der Waals surface area contributed by atoms with Crippen LogP contribution in [0.4, 0.5) is 5.69 Å². The van der Waals surface area contributed by atoms with Gasteiger partial charge in [-0.3, -0.25) is 9.59 Å². The summed E-state index contributed by atoms with van der Waals surface area (Å²) in [5.41, 5.74) is 0.680. The van der Waals surface area contributed by atoms with E-state index in [9.17, 15) is 9.59 Å². The molecule has 1 heterocycles. The zero-order valence-corrected chi connectivity index (χ0v) is 10.9. The maximum absolute atomic E-state index is 11.9. The van der Waals surface area contributed by atoms with Crippen molar-refractivity contribution < 1.29 is 14.3 Å². The lowest BCUT2D eigenvalue weighted by Crippen LogP contribution is -2.37. The van der Waals surface area contributed by atoms with E-state index in [-0.39, 0.29) is 11.8 Å². The minimum atomic E-state index is -0.423. The number of nitrogens with one attached hydrogen (secondary N) is 2. The van der Waals surface area contributed by atoms with E-state index in [0.29, 0.717) is 25.1 Å². The minimum Gasteiger partial charge on any atom is -0.494 e. The summed E-state index contributed by atoms with van der Waals surface area (Å²) in [6, 6.07) is 6.83. The molecular weight excluding hydrogens is 244 g/mol. The molecule has 102 valence electrons. The van der Waals surface area contributed by atoms with Crippen LogP contribution in [0.3, 0.4) is 0 Å². The molecule has 1 unspecified atom stereocenters. The average Bonchev–Trinajstić information content (AvgIpc) is 2.83. The zero-order valence-electron chi connectivity index (χ0n) is 10.9. The molecule has 0 aromatic heterocycles. The van der Waals surface area contributed by atoms with Crippen LogP contribution in [0.15, 0.2) is 24.3 Å². The highest BCUT2D eigenvalue weighted by Gasteiger charge is 2.27. The van der Waals surface area contributed by atoms with Gasteiger partial charge in [0.25, 0.3) is 0 Å². The molecule has 5 heteroatoms. The quantitative estimate of drug-likeness (QED) is 0.848. The molecule has 2 N–H and O–H groups in total. The molecule has 19 heavy (non-hydrogen) atoms. The second-order valence-electron chi connectivity index (χ2n) is 4.52. The highest BCUT2D eigenvalue weighted by molar-refractivity contribution is 5.99. The van der Waals surface area contributed by atoms with Gasteiger partial charge < -0.3 is 15.4 Å². The molecule has 0 spiro atoms. The van der Waals surface area contributed by atoms with Gasteiger partial charge in [0.1, 0.15) is 11.8 Å². The molecule has 0 aliphatic carbocycles. The Kier molecular flexibility index (Phi) is 4.39. The van der Waals surface area contributed by atoms with E-state index < -0.39 is 6.04 Å². The van der Waals surface area contributed by atoms with Gasteiger partial charge in [-0.25, -0.2) is 0 Å². The lowest BCUT2D eigenvalue weighted by molar-refractivity contribution is -0.122. The maximum atomic E-state index is 11.9. The number of rotatable bonds is 5. The highest BCUT2D eigenvalue weighted by atomic mass is 16.5. The maximum Gasteiger partial charge on any atom is 0.246 e. The fourth-order valence-corrected chi connectivity index (χ4v) is 1.92. The molecule has 2 amide bonds. The largest absolute Gasteiger partial charge is 0.494 e. The minimum absolute atomic E-state index is 0.0693. The lowest BCUT2D eigenvalue weighted by Gasteiger charge is -2.12. The smallest absolute Gasteiger partial charge is 0.246 e. The molecule has 1 aliphatic rings. The Morgan fingerprint density at radius 2 is 2.37 bits per heavy atom. The monoisotopic (exact) mass is 262 g/mol. The number of anilines is 1. The van der Waals surface area contributed by atoms with Gasteiger partial charge >= 0.3 is 0 Å². The van der Waals surface area contributed by atoms with Crippen molar-refractivity contribution >= 4 is 17.5 Å². The highest BCUT2D eigenvalue weighted by Crippen LogP contribution is 2.18. The van der Waals surface area contributed by atoms with E-state index in [2.05, 4.69) is 10.6 Å². The summed E-state index contributed by atoms with van der Waals surface area (Å²) >= 11 is 0. The number of amides is 2. The van der Waals surface area contributed by atoms with Crippen molar-refractivity contribution in [1.29, 1.82) is 0 Å². The summed E-state index contributed by atoms with van der Waals surface area (Å²) in [5, 5.41) is 5.43. The van der Waals surface area contributed by atoms with Crippen molar-refractivity contribution in [3.63, 3.8) is 0 Å². The van der Waals surface area contributed by atoms with Gasteiger partial charge in [0.2, 0.25) is 11.8 Å². The van der Waals surface area contributed by atoms with Crippen LogP contribution in [-0.2, 0) is 9.59 Å². The fourth-order valence-electron chi connectivity index (χ4n) is 1.92. The summed E-state index contributed by atoms with van der Waals surface area (Å²) < 4.78 is 5.50. The Morgan fingerprint density at radius 3 is 3.05 bits per heavy atom. The predicted octanol–water partition coefficient (Wildman–Crippen LogP) is 1.69. The van der Waals surface area contributed by atoms with Crippen LogP contribution in [0.2, 0.25) is 0 Å². The van der Waals surface area contributed by atoms with E-state index in [1.165, 1.54) is 0 Å². The van der Waals surface area contributed by atoms with E-state index >= 15 is 0 Å². The van der Waals surface area contributed by atoms with Crippen molar-refractivity contribution in [2.75, 3.05) is 11.9 Å². The van der Waals surface area contributed by atoms with Crippen LogP contribution in [0, 0.1) is 0 Å². The summed E-state index contributed by atoms with van der Waals surface area (Å²) in [7, 11) is 0. The molecule has 5 nitrogen and oxygen atoms in total. The Bertz CT molecular complexity index is 474. The van der Waals surface area contributed by atoms with Crippen LogP contribution in [-0.4, -0.2) is 24.5 Å². The Hall–Kier alpha value is -2.04. The van der Waals surface area contributed by atoms with Gasteiger partial charge in [-0.1, -0.05) is 13.0 Å². The predicted molar refractivity (Wildman–Crippen MR) is 72.0 cm³/mol. The van der Waals surface area contributed by atoms with Gasteiger partial charge in [-0.05, 0) is 25.0 Å². The average molecular weight is 262 g/mol. The number of carbonyl (C=O) groups excluding carboxylic acids is 2. The van der Waals surface area contributed by atoms with Crippen molar-refractivity contribution in [3.8, 4) is 5.75 Å². The molecule has 1 aromatic rings. The lowest BCUT2D eigenvalue weighted by atomic mass is 10.2. The number of hydrogen-bond donors (Lipinski definition) is 2. The number of hydrogen-bond acceptors (Lipinski definition) is 3. The van der Waals surface area contributed by atoms with E-state index in [4.69, 9.17) is 4.74 Å². The summed E-state index contributed by atoms with van der Waals surface area (Å²) in [4.78, 5) is 23.0. The van der Waals surface area contributed by atoms with Gasteiger partial charge in [0.05, 0.1) is 6.61 Å². The molecule has 1 aliphatic heterocycles. The van der Waals surface area contributed by atoms with Crippen LogP contribution >= 0.6 is 0 Å². The molecule has 0 saturated carbocycles. The third-order valence-corrected chi connectivity index (χ3v) is 2.89. The molecular formula is C14H18N2O3. The first-order chi connectivity index (χ1) is 9.19.